The van der Waals surface area contributed by atoms with E-state index in [9.17, 15) is 0 Å². The second-order valence-electron chi connectivity index (χ2n) is 6.46. The molecule has 0 unspecified atom stereocenters. The van der Waals surface area contributed by atoms with Gasteiger partial charge in [0.25, 0.3) is 0 Å². The van der Waals surface area contributed by atoms with Gasteiger partial charge in [0.2, 0.25) is 0 Å². The van der Waals surface area contributed by atoms with Gasteiger partial charge in [-0.3, -0.25) is 0 Å². The van der Waals surface area contributed by atoms with Crippen LogP contribution < -0.4 is 10.6 Å². The van der Waals surface area contributed by atoms with Crippen LogP contribution in [0.15, 0.2) is 18.2 Å². The number of hydrogen-bond donors (Lipinski definition) is 1. The summed E-state index contributed by atoms with van der Waals surface area (Å²) in [5, 5.41) is 0. The molecule has 104 valence electrons. The van der Waals surface area contributed by atoms with Crippen LogP contribution in [0.5, 0.6) is 0 Å². The van der Waals surface area contributed by atoms with Gasteiger partial charge in [0.05, 0.1) is 0 Å². The first-order valence-electron chi connectivity index (χ1n) is 7.82. The van der Waals surface area contributed by atoms with E-state index in [0.717, 1.165) is 5.92 Å². The quantitative estimate of drug-likeness (QED) is 0.882. The van der Waals surface area contributed by atoms with Crippen LogP contribution in [-0.4, -0.2) is 19.1 Å². The lowest BCUT2D eigenvalue weighted by Gasteiger charge is -2.36. The zero-order valence-electron chi connectivity index (χ0n) is 12.1. The van der Waals surface area contributed by atoms with Gasteiger partial charge < -0.3 is 10.6 Å². The first-order valence-corrected chi connectivity index (χ1v) is 7.82. The molecule has 0 radical (unpaired) electrons. The Balaban J connectivity index is 1.70. The highest BCUT2D eigenvalue weighted by molar-refractivity contribution is 5.56. The van der Waals surface area contributed by atoms with Crippen LogP contribution in [0.2, 0.25) is 0 Å². The normalized spacial score (nSPS) is 27.2. The van der Waals surface area contributed by atoms with E-state index in [1.54, 1.807) is 5.56 Å². The van der Waals surface area contributed by atoms with Gasteiger partial charge in [-0.1, -0.05) is 17.7 Å². The summed E-state index contributed by atoms with van der Waals surface area (Å²) >= 11 is 0. The van der Waals surface area contributed by atoms with E-state index < -0.39 is 0 Å². The Hall–Kier alpha value is -1.02. The third-order valence-electron chi connectivity index (χ3n) is 4.82. The van der Waals surface area contributed by atoms with Crippen LogP contribution in [0.1, 0.15) is 43.2 Å². The highest BCUT2D eigenvalue weighted by Gasteiger charge is 2.23. The summed E-state index contributed by atoms with van der Waals surface area (Å²) in [4.78, 5) is 2.62. The first kappa shape index (κ1) is 13.0. The van der Waals surface area contributed by atoms with Crippen LogP contribution in [0.25, 0.3) is 0 Å². The Morgan fingerprint density at radius 3 is 2.79 bits per heavy atom. The molecule has 0 spiro atoms. The number of rotatable bonds is 2. The fraction of sp³-hybridized carbons (Fsp3) is 0.647. The molecule has 0 amide bonds. The molecule has 2 nitrogen and oxygen atoms in total. The topological polar surface area (TPSA) is 29.3 Å². The molecule has 2 heteroatoms. The van der Waals surface area contributed by atoms with E-state index in [1.807, 2.05) is 0 Å². The molecule has 0 aromatic heterocycles. The average Bonchev–Trinajstić information content (AvgIpc) is 2.41. The second-order valence-corrected chi connectivity index (χ2v) is 6.46. The van der Waals surface area contributed by atoms with Crippen LogP contribution in [0.3, 0.4) is 0 Å². The lowest BCUT2D eigenvalue weighted by atomic mass is 9.85. The van der Waals surface area contributed by atoms with E-state index in [2.05, 4.69) is 30.0 Å². The monoisotopic (exact) mass is 258 g/mol. The molecule has 2 aliphatic rings. The second kappa shape index (κ2) is 5.54. The smallest absolute Gasteiger partial charge is 0.0399 e. The van der Waals surface area contributed by atoms with Crippen molar-refractivity contribution in [1.82, 2.24) is 0 Å². The molecule has 0 bridgehead atoms. The van der Waals surface area contributed by atoms with Gasteiger partial charge in [0.1, 0.15) is 0 Å². The van der Waals surface area contributed by atoms with Crippen molar-refractivity contribution in [1.29, 1.82) is 0 Å². The van der Waals surface area contributed by atoms with E-state index >= 15 is 0 Å². The average molecular weight is 258 g/mol. The standard InChI is InChI=1S/C17H26N2/c1-13-4-9-17-15(11-13)3-2-10-19(17)12-14-5-7-16(18)8-6-14/h4,9,11,14,16H,2-3,5-8,10,12,18H2,1H3. The van der Waals surface area contributed by atoms with Gasteiger partial charge >= 0.3 is 0 Å². The number of hydrogen-bond acceptors (Lipinski definition) is 2. The van der Waals surface area contributed by atoms with Crippen LogP contribution in [0, 0.1) is 12.8 Å². The SMILES string of the molecule is Cc1ccc2c(c1)CCCN2CC1CCC(N)CC1. The molecule has 1 aromatic carbocycles. The Bertz CT molecular complexity index is 433. The number of nitrogens with zero attached hydrogens (tertiary/aromatic N) is 1. The maximum atomic E-state index is 6.01. The number of aryl methyl sites for hydroxylation is 2. The van der Waals surface area contributed by atoms with Crippen molar-refractivity contribution in [3.8, 4) is 0 Å². The molecule has 0 atom stereocenters. The summed E-state index contributed by atoms with van der Waals surface area (Å²) in [6.07, 6.45) is 7.64. The zero-order chi connectivity index (χ0) is 13.2. The van der Waals surface area contributed by atoms with Crippen molar-refractivity contribution >= 4 is 5.69 Å². The lowest BCUT2D eigenvalue weighted by Crippen LogP contribution is -2.37. The van der Waals surface area contributed by atoms with Gasteiger partial charge in [0.15, 0.2) is 0 Å². The van der Waals surface area contributed by atoms with E-state index in [-0.39, 0.29) is 0 Å². The Morgan fingerprint density at radius 2 is 2.00 bits per heavy atom. The molecule has 1 aliphatic heterocycles. The number of anilines is 1. The number of nitrogens with two attached hydrogens (primary N) is 1. The summed E-state index contributed by atoms with van der Waals surface area (Å²) in [5.74, 6) is 0.854. The molecule has 1 fully saturated rings. The van der Waals surface area contributed by atoms with Gasteiger partial charge in [-0.05, 0) is 63.0 Å². The van der Waals surface area contributed by atoms with Gasteiger partial charge in [-0.25, -0.2) is 0 Å². The highest BCUT2D eigenvalue weighted by Crippen LogP contribution is 2.31. The molecule has 3 rings (SSSR count). The highest BCUT2D eigenvalue weighted by atomic mass is 15.1. The van der Waals surface area contributed by atoms with Crippen molar-refractivity contribution in [2.75, 3.05) is 18.0 Å². The molecule has 0 saturated heterocycles. The molecular formula is C17H26N2. The van der Waals surface area contributed by atoms with Gasteiger partial charge in [-0.15, -0.1) is 0 Å². The fourth-order valence-corrected chi connectivity index (χ4v) is 3.68. The van der Waals surface area contributed by atoms with Crippen molar-refractivity contribution < 1.29 is 0 Å². The van der Waals surface area contributed by atoms with Crippen molar-refractivity contribution in [3.05, 3.63) is 29.3 Å². The molecular weight excluding hydrogens is 232 g/mol. The predicted molar refractivity (Wildman–Crippen MR) is 81.6 cm³/mol. The maximum absolute atomic E-state index is 6.01. The van der Waals surface area contributed by atoms with Crippen molar-refractivity contribution in [2.45, 2.75) is 51.5 Å². The summed E-state index contributed by atoms with van der Waals surface area (Å²) in [5.41, 5.74) is 10.4. The van der Waals surface area contributed by atoms with Crippen LogP contribution >= 0.6 is 0 Å². The molecule has 1 saturated carbocycles. The Kier molecular flexibility index (Phi) is 3.79. The summed E-state index contributed by atoms with van der Waals surface area (Å²) in [7, 11) is 0. The summed E-state index contributed by atoms with van der Waals surface area (Å²) < 4.78 is 0. The third-order valence-corrected chi connectivity index (χ3v) is 4.82. The minimum absolute atomic E-state index is 0.465. The number of fused-ring (bicyclic) bond motifs is 1. The van der Waals surface area contributed by atoms with E-state index in [1.165, 1.54) is 62.9 Å². The van der Waals surface area contributed by atoms with Crippen molar-refractivity contribution in [3.63, 3.8) is 0 Å². The fourth-order valence-electron chi connectivity index (χ4n) is 3.68. The minimum atomic E-state index is 0.465. The van der Waals surface area contributed by atoms with Crippen LogP contribution in [-0.2, 0) is 6.42 Å². The molecule has 1 heterocycles. The van der Waals surface area contributed by atoms with E-state index in [0.29, 0.717) is 6.04 Å². The Morgan fingerprint density at radius 1 is 1.21 bits per heavy atom. The molecule has 1 aromatic rings. The third kappa shape index (κ3) is 2.94. The Labute approximate surface area is 117 Å². The largest absolute Gasteiger partial charge is 0.371 e. The van der Waals surface area contributed by atoms with Crippen molar-refractivity contribution in [2.24, 2.45) is 11.7 Å². The molecule has 1 aliphatic carbocycles. The molecule has 19 heavy (non-hydrogen) atoms. The number of benzene rings is 1. The lowest BCUT2D eigenvalue weighted by molar-refractivity contribution is 0.325. The van der Waals surface area contributed by atoms with Gasteiger partial charge in [-0.2, -0.15) is 0 Å². The van der Waals surface area contributed by atoms with Gasteiger partial charge in [0, 0.05) is 24.8 Å². The summed E-state index contributed by atoms with van der Waals surface area (Å²) in [6.45, 7) is 4.67. The minimum Gasteiger partial charge on any atom is -0.371 e. The zero-order valence-corrected chi connectivity index (χ0v) is 12.1. The maximum Gasteiger partial charge on any atom is 0.0399 e. The van der Waals surface area contributed by atoms with E-state index in [4.69, 9.17) is 5.73 Å². The first-order chi connectivity index (χ1) is 9.22. The van der Waals surface area contributed by atoms with Crippen LogP contribution in [0.4, 0.5) is 5.69 Å². The molecule has 2 N–H and O–H groups in total. The predicted octanol–water partition coefficient (Wildman–Crippen LogP) is 3.27. The summed E-state index contributed by atoms with van der Waals surface area (Å²) in [6, 6.07) is 7.43.